The van der Waals surface area contributed by atoms with Crippen LogP contribution >= 0.6 is 0 Å². The number of amides is 2. The molecule has 1 saturated heterocycles. The molecular weight excluding hydrogens is 364 g/mol. The zero-order valence-corrected chi connectivity index (χ0v) is 17.6. The van der Waals surface area contributed by atoms with Crippen molar-refractivity contribution in [3.8, 4) is 0 Å². The molecular formula is C23H30N4O2. The molecule has 0 radical (unpaired) electrons. The third-order valence-electron chi connectivity index (χ3n) is 5.61. The minimum Gasteiger partial charge on any atom is -0.355 e. The first-order valence-electron chi connectivity index (χ1n) is 10.6. The molecule has 0 bridgehead atoms. The van der Waals surface area contributed by atoms with Gasteiger partial charge in [-0.05, 0) is 31.4 Å². The summed E-state index contributed by atoms with van der Waals surface area (Å²) in [6.07, 6.45) is 3.01. The first-order valence-corrected chi connectivity index (χ1v) is 10.6. The Balaban J connectivity index is 1.60. The van der Waals surface area contributed by atoms with Crippen LogP contribution in [0.25, 0.3) is 10.9 Å². The molecule has 0 atom stereocenters. The lowest BCUT2D eigenvalue weighted by Gasteiger charge is -2.28. The van der Waals surface area contributed by atoms with Crippen molar-refractivity contribution < 1.29 is 9.59 Å². The first-order chi connectivity index (χ1) is 13.8. The number of nitrogens with zero attached hydrogens (tertiary/aromatic N) is 3. The molecule has 1 aromatic heterocycles. The highest BCUT2D eigenvalue weighted by atomic mass is 16.2. The van der Waals surface area contributed by atoms with Crippen LogP contribution in [-0.4, -0.2) is 53.9 Å². The lowest BCUT2D eigenvalue weighted by molar-refractivity contribution is -0.139. The van der Waals surface area contributed by atoms with Crippen LogP contribution in [0.3, 0.4) is 0 Å². The van der Waals surface area contributed by atoms with Crippen LogP contribution in [0.2, 0.25) is 0 Å². The van der Waals surface area contributed by atoms with Gasteiger partial charge in [-0.3, -0.25) is 9.59 Å². The average molecular weight is 395 g/mol. The monoisotopic (exact) mass is 394 g/mol. The first kappa shape index (κ1) is 19.7. The molecule has 6 heteroatoms. The van der Waals surface area contributed by atoms with Gasteiger partial charge >= 0.3 is 0 Å². The van der Waals surface area contributed by atoms with E-state index in [0.29, 0.717) is 18.2 Å². The van der Waals surface area contributed by atoms with E-state index in [1.165, 1.54) is 0 Å². The number of rotatable bonds is 3. The van der Waals surface area contributed by atoms with Gasteiger partial charge in [-0.2, -0.15) is 0 Å². The summed E-state index contributed by atoms with van der Waals surface area (Å²) in [7, 11) is 0. The van der Waals surface area contributed by atoms with Crippen molar-refractivity contribution in [1.29, 1.82) is 0 Å². The van der Waals surface area contributed by atoms with Gasteiger partial charge in [-0.15, -0.1) is 0 Å². The lowest BCUT2D eigenvalue weighted by Crippen LogP contribution is -2.41. The summed E-state index contributed by atoms with van der Waals surface area (Å²) in [6, 6.07) is 10.0. The van der Waals surface area contributed by atoms with Crippen LogP contribution in [0.5, 0.6) is 0 Å². The van der Waals surface area contributed by atoms with Gasteiger partial charge < -0.3 is 15.1 Å². The van der Waals surface area contributed by atoms with E-state index in [1.807, 2.05) is 56.0 Å². The molecule has 1 aliphatic heterocycles. The SMILES string of the molecule is CC(C)(C)C(=O)N1CCCN(c2cc(C(=O)NC3CC3)c3ccccc3n2)CC1. The van der Waals surface area contributed by atoms with Crippen LogP contribution < -0.4 is 10.2 Å². The van der Waals surface area contributed by atoms with Crippen LogP contribution in [0.4, 0.5) is 5.82 Å². The molecule has 1 N–H and O–H groups in total. The molecule has 1 saturated carbocycles. The van der Waals surface area contributed by atoms with Crippen LogP contribution in [0.15, 0.2) is 30.3 Å². The average Bonchev–Trinajstić information content (AvgIpc) is 3.52. The summed E-state index contributed by atoms with van der Waals surface area (Å²) >= 11 is 0. The molecule has 2 amide bonds. The number of carbonyl (C=O) groups is 2. The standard InChI is InChI=1S/C23H30N4O2/c1-23(2,3)22(29)27-12-6-11-26(13-14-27)20-15-18(21(28)24-16-9-10-16)17-7-4-5-8-19(17)25-20/h4-5,7-8,15-16H,6,9-14H2,1-3H3,(H,24,28). The molecule has 2 heterocycles. The largest absolute Gasteiger partial charge is 0.355 e. The van der Waals surface area contributed by atoms with Gasteiger partial charge in [0.15, 0.2) is 0 Å². The number of para-hydroxylation sites is 1. The summed E-state index contributed by atoms with van der Waals surface area (Å²) < 4.78 is 0. The van der Waals surface area contributed by atoms with Gasteiger partial charge in [0.2, 0.25) is 5.91 Å². The molecule has 29 heavy (non-hydrogen) atoms. The van der Waals surface area contributed by atoms with E-state index in [-0.39, 0.29) is 17.2 Å². The topological polar surface area (TPSA) is 65.5 Å². The predicted molar refractivity (Wildman–Crippen MR) is 115 cm³/mol. The predicted octanol–water partition coefficient (Wildman–Crippen LogP) is 3.21. The lowest BCUT2D eigenvalue weighted by atomic mass is 9.94. The van der Waals surface area contributed by atoms with E-state index in [0.717, 1.165) is 55.6 Å². The van der Waals surface area contributed by atoms with Crippen molar-refractivity contribution in [3.05, 3.63) is 35.9 Å². The minimum atomic E-state index is -0.371. The van der Waals surface area contributed by atoms with Gasteiger partial charge in [0, 0.05) is 43.0 Å². The van der Waals surface area contributed by atoms with E-state index in [2.05, 4.69) is 10.2 Å². The van der Waals surface area contributed by atoms with Crippen molar-refractivity contribution in [1.82, 2.24) is 15.2 Å². The van der Waals surface area contributed by atoms with Crippen LogP contribution in [0, 0.1) is 5.41 Å². The van der Waals surface area contributed by atoms with Crippen molar-refractivity contribution >= 4 is 28.5 Å². The highest BCUT2D eigenvalue weighted by Gasteiger charge is 2.29. The maximum atomic E-state index is 12.9. The Morgan fingerprint density at radius 3 is 2.55 bits per heavy atom. The van der Waals surface area contributed by atoms with E-state index in [9.17, 15) is 9.59 Å². The Hall–Kier alpha value is -2.63. The van der Waals surface area contributed by atoms with Crippen LogP contribution in [0.1, 0.15) is 50.4 Å². The smallest absolute Gasteiger partial charge is 0.252 e. The highest BCUT2D eigenvalue weighted by Crippen LogP contribution is 2.26. The van der Waals surface area contributed by atoms with E-state index >= 15 is 0 Å². The van der Waals surface area contributed by atoms with Gasteiger partial charge in [0.1, 0.15) is 5.82 Å². The molecule has 154 valence electrons. The summed E-state index contributed by atoms with van der Waals surface area (Å²) in [5.74, 6) is 0.983. The van der Waals surface area contributed by atoms with Crippen LogP contribution in [-0.2, 0) is 4.79 Å². The Bertz CT molecular complexity index is 930. The van der Waals surface area contributed by atoms with Gasteiger partial charge in [0.25, 0.3) is 5.91 Å². The number of anilines is 1. The van der Waals surface area contributed by atoms with E-state index in [1.54, 1.807) is 0 Å². The van der Waals surface area contributed by atoms with E-state index in [4.69, 9.17) is 4.98 Å². The second kappa shape index (κ2) is 7.65. The summed E-state index contributed by atoms with van der Waals surface area (Å²) in [6.45, 7) is 8.87. The third kappa shape index (κ3) is 4.36. The fourth-order valence-electron chi connectivity index (χ4n) is 3.83. The van der Waals surface area contributed by atoms with Gasteiger partial charge in [-0.25, -0.2) is 4.98 Å². The Morgan fingerprint density at radius 2 is 1.83 bits per heavy atom. The number of nitrogens with one attached hydrogen (secondary N) is 1. The molecule has 0 unspecified atom stereocenters. The zero-order chi connectivity index (χ0) is 20.6. The van der Waals surface area contributed by atoms with Crippen molar-refractivity contribution in [2.24, 2.45) is 5.41 Å². The van der Waals surface area contributed by atoms with Crippen molar-refractivity contribution in [3.63, 3.8) is 0 Å². The number of fused-ring (bicyclic) bond motifs is 1. The molecule has 1 aliphatic carbocycles. The highest BCUT2D eigenvalue weighted by molar-refractivity contribution is 6.07. The molecule has 2 fully saturated rings. The molecule has 1 aromatic carbocycles. The van der Waals surface area contributed by atoms with Crippen molar-refractivity contribution in [2.45, 2.75) is 46.1 Å². The third-order valence-corrected chi connectivity index (χ3v) is 5.61. The maximum Gasteiger partial charge on any atom is 0.252 e. The minimum absolute atomic E-state index is 0.0216. The number of hydrogen-bond donors (Lipinski definition) is 1. The quantitative estimate of drug-likeness (QED) is 0.868. The molecule has 4 rings (SSSR count). The Labute approximate surface area is 172 Å². The second-order valence-electron chi connectivity index (χ2n) is 9.18. The van der Waals surface area contributed by atoms with E-state index < -0.39 is 0 Å². The number of aromatic nitrogens is 1. The Morgan fingerprint density at radius 1 is 1.07 bits per heavy atom. The van der Waals surface area contributed by atoms with Gasteiger partial charge in [-0.1, -0.05) is 39.0 Å². The second-order valence-corrected chi connectivity index (χ2v) is 9.18. The maximum absolute atomic E-state index is 12.9. The number of carbonyl (C=O) groups excluding carboxylic acids is 2. The normalized spacial score (nSPS) is 17.9. The number of hydrogen-bond acceptors (Lipinski definition) is 4. The number of benzene rings is 1. The fourth-order valence-corrected chi connectivity index (χ4v) is 3.83. The summed E-state index contributed by atoms with van der Waals surface area (Å²) in [4.78, 5) is 34.5. The number of pyridine rings is 1. The van der Waals surface area contributed by atoms with Gasteiger partial charge in [0.05, 0.1) is 11.1 Å². The molecule has 2 aliphatic rings. The Kier molecular flexibility index (Phi) is 5.19. The summed E-state index contributed by atoms with van der Waals surface area (Å²) in [5.41, 5.74) is 1.15. The summed E-state index contributed by atoms with van der Waals surface area (Å²) in [5, 5.41) is 3.99. The molecule has 6 nitrogen and oxygen atoms in total. The fraction of sp³-hybridized carbons (Fsp3) is 0.522. The molecule has 0 spiro atoms. The molecule has 2 aromatic rings. The van der Waals surface area contributed by atoms with Crippen molar-refractivity contribution in [2.75, 3.05) is 31.1 Å². The zero-order valence-electron chi connectivity index (χ0n) is 17.6.